The maximum absolute atomic E-state index is 14.5. The first-order valence-corrected chi connectivity index (χ1v) is 13.6. The first-order valence-electron chi connectivity index (χ1n) is 13.6. The summed E-state index contributed by atoms with van der Waals surface area (Å²) in [6.07, 6.45) is 9.99. The molecule has 2 amide bonds. The van der Waals surface area contributed by atoms with Crippen LogP contribution in [0.2, 0.25) is 0 Å². The van der Waals surface area contributed by atoms with Crippen LogP contribution in [0.3, 0.4) is 0 Å². The fourth-order valence-corrected chi connectivity index (χ4v) is 6.71. The summed E-state index contributed by atoms with van der Waals surface area (Å²) in [5.41, 5.74) is -2.35. The Hall–Kier alpha value is -2.97. The van der Waals surface area contributed by atoms with Crippen LogP contribution in [0.15, 0.2) is 54.6 Å². The molecule has 6 atom stereocenters. The molecule has 8 heteroatoms. The molecule has 4 heterocycles. The molecule has 2 fully saturated rings. The highest BCUT2D eigenvalue weighted by Gasteiger charge is 2.75. The van der Waals surface area contributed by atoms with E-state index in [0.29, 0.717) is 12.1 Å². The number of likely N-dealkylation sites (tertiary alicyclic amines) is 1. The standard InChI is InChI=1S/C30H38N2O6/c1-28(2,3)31-17-12-16-30-22(23-27(36)37-18-11-6-5-10-15-29(23,4)38-30)25(34)32(24(30)26(31)35)21(19-33)20-13-8-7-9-14-20/h7-10,12-16,21-24,33H,5-6,11,17-19H2,1-4H3/b15-10-/t21-,22+,23+,24?,29-,30+/m1/s1. The molecule has 5 rings (SSSR count). The molecule has 1 spiro atoms. The smallest absolute Gasteiger partial charge is 0.313 e. The van der Waals surface area contributed by atoms with E-state index in [-0.39, 0.29) is 25.0 Å². The van der Waals surface area contributed by atoms with Crippen LogP contribution in [-0.2, 0) is 23.9 Å². The summed E-state index contributed by atoms with van der Waals surface area (Å²) >= 11 is 0. The fraction of sp³-hybridized carbons (Fsp3) is 0.567. The van der Waals surface area contributed by atoms with E-state index in [1.54, 1.807) is 4.90 Å². The number of aliphatic hydroxyl groups is 1. The van der Waals surface area contributed by atoms with Gasteiger partial charge in [0.15, 0.2) is 0 Å². The van der Waals surface area contributed by atoms with Gasteiger partial charge in [-0.25, -0.2) is 0 Å². The number of hydrogen-bond acceptors (Lipinski definition) is 6. The maximum Gasteiger partial charge on any atom is 0.313 e. The van der Waals surface area contributed by atoms with Crippen molar-refractivity contribution in [2.45, 2.75) is 75.8 Å². The third kappa shape index (κ3) is 4.09. The van der Waals surface area contributed by atoms with E-state index in [1.807, 2.05) is 82.3 Å². The van der Waals surface area contributed by atoms with Gasteiger partial charge in [-0.3, -0.25) is 14.4 Å². The lowest BCUT2D eigenvalue weighted by atomic mass is 9.74. The van der Waals surface area contributed by atoms with Gasteiger partial charge in [-0.1, -0.05) is 54.6 Å². The number of hydrogen-bond donors (Lipinski definition) is 1. The second-order valence-electron chi connectivity index (χ2n) is 11.9. The lowest BCUT2D eigenvalue weighted by Gasteiger charge is -2.43. The molecule has 4 aliphatic heterocycles. The van der Waals surface area contributed by atoms with Gasteiger partial charge < -0.3 is 24.4 Å². The molecule has 0 bridgehead atoms. The Kier molecular flexibility index (Phi) is 6.76. The Balaban J connectivity index is 1.71. The molecule has 4 aliphatic rings. The number of allylic oxidation sites excluding steroid dienone is 1. The van der Waals surface area contributed by atoms with Crippen LogP contribution in [0.1, 0.15) is 58.6 Å². The number of carbonyl (C=O) groups excluding carboxylic acids is 3. The van der Waals surface area contributed by atoms with Gasteiger partial charge in [-0.15, -0.1) is 0 Å². The van der Waals surface area contributed by atoms with Gasteiger partial charge in [0.05, 0.1) is 30.8 Å². The van der Waals surface area contributed by atoms with Gasteiger partial charge in [-0.05, 0) is 52.5 Å². The Morgan fingerprint density at radius 1 is 1.03 bits per heavy atom. The van der Waals surface area contributed by atoms with Crippen molar-refractivity contribution < 1.29 is 29.0 Å². The molecule has 0 radical (unpaired) electrons. The summed E-state index contributed by atoms with van der Waals surface area (Å²) in [5.74, 6) is -3.06. The van der Waals surface area contributed by atoms with Crippen LogP contribution in [0.4, 0.5) is 0 Å². The van der Waals surface area contributed by atoms with E-state index in [9.17, 15) is 19.5 Å². The first-order chi connectivity index (χ1) is 18.0. The number of fused-ring (bicyclic) bond motifs is 2. The van der Waals surface area contributed by atoms with E-state index in [1.165, 1.54) is 4.90 Å². The first kappa shape index (κ1) is 26.6. The number of aliphatic hydroxyl groups excluding tert-OH is 1. The predicted octanol–water partition coefficient (Wildman–Crippen LogP) is 3.17. The average Bonchev–Trinajstić information content (AvgIpc) is 3.19. The number of amides is 2. The number of rotatable bonds is 3. The lowest BCUT2D eigenvalue weighted by Crippen LogP contribution is -2.59. The molecule has 38 heavy (non-hydrogen) atoms. The number of nitrogens with zero attached hydrogens (tertiary/aromatic N) is 2. The van der Waals surface area contributed by atoms with E-state index in [2.05, 4.69) is 0 Å². The lowest BCUT2D eigenvalue weighted by molar-refractivity contribution is -0.163. The van der Waals surface area contributed by atoms with Crippen LogP contribution in [0, 0.1) is 11.8 Å². The number of carbonyl (C=O) groups is 3. The second kappa shape index (κ2) is 9.65. The number of benzene rings is 1. The minimum Gasteiger partial charge on any atom is -0.465 e. The average molecular weight is 523 g/mol. The van der Waals surface area contributed by atoms with Crippen molar-refractivity contribution in [2.75, 3.05) is 19.8 Å². The van der Waals surface area contributed by atoms with Crippen LogP contribution in [-0.4, -0.2) is 75.2 Å². The molecule has 1 N–H and O–H groups in total. The van der Waals surface area contributed by atoms with Gasteiger partial charge in [0, 0.05) is 12.1 Å². The van der Waals surface area contributed by atoms with Gasteiger partial charge in [0.25, 0.3) is 0 Å². The number of ether oxygens (including phenoxy) is 2. The number of cyclic esters (lactones) is 1. The zero-order valence-electron chi connectivity index (χ0n) is 22.6. The van der Waals surface area contributed by atoms with Crippen molar-refractivity contribution in [3.05, 3.63) is 60.2 Å². The monoisotopic (exact) mass is 522 g/mol. The predicted molar refractivity (Wildman–Crippen MR) is 141 cm³/mol. The highest BCUT2D eigenvalue weighted by molar-refractivity contribution is 5.99. The summed E-state index contributed by atoms with van der Waals surface area (Å²) in [6.45, 7) is 7.90. The molecular weight excluding hydrogens is 484 g/mol. The van der Waals surface area contributed by atoms with Crippen molar-refractivity contribution in [1.82, 2.24) is 9.80 Å². The normalized spacial score (nSPS) is 35.2. The summed E-state index contributed by atoms with van der Waals surface area (Å²) in [5, 5.41) is 10.6. The van der Waals surface area contributed by atoms with Gasteiger partial charge in [0.2, 0.25) is 11.8 Å². The number of esters is 1. The van der Waals surface area contributed by atoms with Crippen molar-refractivity contribution in [2.24, 2.45) is 11.8 Å². The van der Waals surface area contributed by atoms with Gasteiger partial charge in [-0.2, -0.15) is 0 Å². The van der Waals surface area contributed by atoms with Crippen LogP contribution in [0.25, 0.3) is 0 Å². The molecular formula is C30H38N2O6. The van der Waals surface area contributed by atoms with Gasteiger partial charge >= 0.3 is 5.97 Å². The van der Waals surface area contributed by atoms with Crippen molar-refractivity contribution in [1.29, 1.82) is 0 Å². The zero-order valence-corrected chi connectivity index (χ0v) is 22.6. The van der Waals surface area contributed by atoms with Crippen molar-refractivity contribution >= 4 is 17.8 Å². The van der Waals surface area contributed by atoms with Crippen molar-refractivity contribution in [3.8, 4) is 0 Å². The zero-order chi connectivity index (χ0) is 27.3. The van der Waals surface area contributed by atoms with Gasteiger partial charge in [0.1, 0.15) is 17.6 Å². The quantitative estimate of drug-likeness (QED) is 0.484. The topological polar surface area (TPSA) is 96.4 Å². The highest BCUT2D eigenvalue weighted by Crippen LogP contribution is 2.58. The molecule has 1 unspecified atom stereocenters. The Morgan fingerprint density at radius 2 is 1.76 bits per heavy atom. The largest absolute Gasteiger partial charge is 0.465 e. The fourth-order valence-electron chi connectivity index (χ4n) is 6.71. The summed E-state index contributed by atoms with van der Waals surface area (Å²) in [4.78, 5) is 45.8. The molecule has 2 saturated heterocycles. The summed E-state index contributed by atoms with van der Waals surface area (Å²) < 4.78 is 12.5. The van der Waals surface area contributed by atoms with Crippen LogP contribution in [0.5, 0.6) is 0 Å². The molecule has 204 valence electrons. The Morgan fingerprint density at radius 3 is 2.45 bits per heavy atom. The molecule has 8 nitrogen and oxygen atoms in total. The summed E-state index contributed by atoms with van der Waals surface area (Å²) in [7, 11) is 0. The molecule has 0 saturated carbocycles. The Bertz CT molecular complexity index is 1160. The van der Waals surface area contributed by atoms with E-state index < -0.39 is 46.6 Å². The SMILES string of the molecule is CC(C)(C)N1CC=C[C@]23O[C@]4(C)/C=C\CCCCOC(=O)[C@@H]4[C@H]2C(=O)N([C@H](CO)c2ccccc2)C3C1=O. The van der Waals surface area contributed by atoms with E-state index >= 15 is 0 Å². The van der Waals surface area contributed by atoms with Crippen LogP contribution >= 0.6 is 0 Å². The molecule has 1 aromatic rings. The third-order valence-electron chi connectivity index (χ3n) is 8.44. The third-order valence-corrected chi connectivity index (χ3v) is 8.44. The minimum atomic E-state index is -1.40. The Labute approximate surface area is 224 Å². The van der Waals surface area contributed by atoms with Crippen molar-refractivity contribution in [3.63, 3.8) is 0 Å². The second-order valence-corrected chi connectivity index (χ2v) is 11.9. The molecule has 1 aromatic carbocycles. The van der Waals surface area contributed by atoms with E-state index in [0.717, 1.165) is 19.3 Å². The molecule has 0 aliphatic carbocycles. The highest BCUT2D eigenvalue weighted by atomic mass is 16.6. The van der Waals surface area contributed by atoms with Crippen LogP contribution < -0.4 is 0 Å². The molecule has 0 aromatic heterocycles. The minimum absolute atomic E-state index is 0.266. The summed E-state index contributed by atoms with van der Waals surface area (Å²) in [6, 6.07) is 7.35. The maximum atomic E-state index is 14.5. The van der Waals surface area contributed by atoms with E-state index in [4.69, 9.17) is 9.47 Å².